The third-order valence-corrected chi connectivity index (χ3v) is 7.44. The number of likely N-dealkylation sites (tertiary alicyclic amines) is 1. The van der Waals surface area contributed by atoms with E-state index in [1.165, 1.54) is 0 Å². The second-order valence-electron chi connectivity index (χ2n) is 9.55. The van der Waals surface area contributed by atoms with Crippen LogP contribution >= 0.6 is 12.4 Å². The number of hydrogen-bond acceptors (Lipinski definition) is 8. The van der Waals surface area contributed by atoms with Crippen molar-refractivity contribution in [3.8, 4) is 17.2 Å². The van der Waals surface area contributed by atoms with Crippen LogP contribution in [0.1, 0.15) is 36.6 Å². The van der Waals surface area contributed by atoms with Crippen LogP contribution in [0.25, 0.3) is 11.0 Å². The van der Waals surface area contributed by atoms with E-state index in [9.17, 15) is 4.79 Å². The van der Waals surface area contributed by atoms with Gasteiger partial charge in [0.05, 0.1) is 42.3 Å². The molecule has 1 saturated heterocycles. The van der Waals surface area contributed by atoms with E-state index in [4.69, 9.17) is 14.2 Å². The first-order valence-corrected chi connectivity index (χ1v) is 12.5. The van der Waals surface area contributed by atoms with Crippen LogP contribution in [0, 0.1) is 0 Å². The van der Waals surface area contributed by atoms with Gasteiger partial charge in [0.25, 0.3) is 5.56 Å². The second kappa shape index (κ2) is 10.6. The smallest absolute Gasteiger partial charge is 0.251 e. The summed E-state index contributed by atoms with van der Waals surface area (Å²) >= 11 is 0. The molecular formula is C26H32ClN5O4. The van der Waals surface area contributed by atoms with Crippen molar-refractivity contribution in [3.63, 3.8) is 0 Å². The van der Waals surface area contributed by atoms with Crippen LogP contribution in [-0.2, 0) is 13.0 Å². The number of fused-ring (bicyclic) bond motifs is 1. The molecule has 6 heterocycles. The van der Waals surface area contributed by atoms with E-state index in [0.29, 0.717) is 25.8 Å². The van der Waals surface area contributed by atoms with E-state index < -0.39 is 0 Å². The van der Waals surface area contributed by atoms with E-state index in [1.54, 1.807) is 25.6 Å². The molecule has 0 bridgehead atoms. The second-order valence-corrected chi connectivity index (χ2v) is 9.55. The number of piperidine rings is 1. The van der Waals surface area contributed by atoms with Gasteiger partial charge in [0.1, 0.15) is 19.0 Å². The fourth-order valence-electron chi connectivity index (χ4n) is 5.62. The highest BCUT2D eigenvalue weighted by Gasteiger charge is 2.28. The van der Waals surface area contributed by atoms with Gasteiger partial charge in [0, 0.05) is 36.8 Å². The lowest BCUT2D eigenvalue weighted by Gasteiger charge is -2.37. The van der Waals surface area contributed by atoms with E-state index in [-0.39, 0.29) is 24.0 Å². The molecule has 1 unspecified atom stereocenters. The molecule has 0 aromatic carbocycles. The number of nitrogens with zero attached hydrogens (tertiary/aromatic N) is 4. The molecule has 10 heteroatoms. The predicted molar refractivity (Wildman–Crippen MR) is 139 cm³/mol. The Bertz CT molecular complexity index is 1290. The van der Waals surface area contributed by atoms with Gasteiger partial charge in [0.15, 0.2) is 11.5 Å². The van der Waals surface area contributed by atoms with Crippen LogP contribution in [0.2, 0.25) is 0 Å². The molecule has 0 aliphatic carbocycles. The summed E-state index contributed by atoms with van der Waals surface area (Å²) in [6.45, 7) is 4.78. The summed E-state index contributed by atoms with van der Waals surface area (Å²) in [7, 11) is 1.67. The summed E-state index contributed by atoms with van der Waals surface area (Å²) in [5.74, 6) is 2.28. The van der Waals surface area contributed by atoms with Gasteiger partial charge in [-0.1, -0.05) is 0 Å². The van der Waals surface area contributed by atoms with Gasteiger partial charge in [-0.25, -0.2) is 0 Å². The molecule has 3 aliphatic rings. The van der Waals surface area contributed by atoms with Gasteiger partial charge < -0.3 is 29.0 Å². The number of rotatable bonds is 6. The van der Waals surface area contributed by atoms with Crippen LogP contribution in [0.15, 0.2) is 35.4 Å². The van der Waals surface area contributed by atoms with E-state index in [2.05, 4.69) is 20.2 Å². The minimum Gasteiger partial charge on any atom is -0.495 e. The molecule has 1 N–H and O–H groups in total. The van der Waals surface area contributed by atoms with Crippen molar-refractivity contribution >= 4 is 23.4 Å². The Morgan fingerprint density at radius 1 is 1.08 bits per heavy atom. The maximum Gasteiger partial charge on any atom is 0.251 e. The van der Waals surface area contributed by atoms with Gasteiger partial charge in [-0.3, -0.25) is 14.8 Å². The monoisotopic (exact) mass is 513 g/mol. The lowest BCUT2D eigenvalue weighted by atomic mass is 9.96. The Morgan fingerprint density at radius 2 is 1.89 bits per heavy atom. The van der Waals surface area contributed by atoms with E-state index >= 15 is 0 Å². The third kappa shape index (κ3) is 4.75. The fourth-order valence-corrected chi connectivity index (χ4v) is 5.62. The lowest BCUT2D eigenvalue weighted by Crippen LogP contribution is -2.45. The SMILES string of the molecule is COc1cnc2ccc(=O)n3c2c1CCC3CN1CCC(NCc2cc3c(cn2)OCCO3)CC1.Cl. The molecule has 1 atom stereocenters. The Labute approximate surface area is 216 Å². The highest BCUT2D eigenvalue weighted by Crippen LogP contribution is 2.34. The van der Waals surface area contributed by atoms with E-state index in [0.717, 1.165) is 84.9 Å². The predicted octanol–water partition coefficient (Wildman–Crippen LogP) is 2.73. The van der Waals surface area contributed by atoms with Crippen molar-refractivity contribution < 1.29 is 14.2 Å². The number of aryl methyl sites for hydroxylation is 1. The Morgan fingerprint density at radius 3 is 2.69 bits per heavy atom. The van der Waals surface area contributed by atoms with Gasteiger partial charge in [-0.2, -0.15) is 0 Å². The highest BCUT2D eigenvalue weighted by atomic mass is 35.5. The summed E-state index contributed by atoms with van der Waals surface area (Å²) in [5, 5.41) is 3.66. The number of nitrogens with one attached hydrogen (secondary N) is 1. The minimum absolute atomic E-state index is 0. The first-order chi connectivity index (χ1) is 17.2. The van der Waals surface area contributed by atoms with Crippen molar-refractivity contribution in [2.24, 2.45) is 0 Å². The summed E-state index contributed by atoms with van der Waals surface area (Å²) in [5.41, 5.74) is 3.91. The highest BCUT2D eigenvalue weighted by molar-refractivity contribution is 5.85. The fraction of sp³-hybridized carbons (Fsp3) is 0.500. The third-order valence-electron chi connectivity index (χ3n) is 7.44. The number of aromatic nitrogens is 3. The number of methoxy groups -OCH3 is 1. The summed E-state index contributed by atoms with van der Waals surface area (Å²) in [4.78, 5) is 24.4. The molecule has 36 heavy (non-hydrogen) atoms. The van der Waals surface area contributed by atoms with E-state index in [1.807, 2.05) is 16.7 Å². The summed E-state index contributed by atoms with van der Waals surface area (Å²) in [6, 6.07) is 6.05. The molecule has 6 rings (SSSR count). The van der Waals surface area contributed by atoms with Crippen molar-refractivity contribution in [3.05, 3.63) is 52.2 Å². The molecule has 0 amide bonds. The Kier molecular flexibility index (Phi) is 7.32. The number of halogens is 1. The average Bonchev–Trinajstić information content (AvgIpc) is 2.90. The Hall–Kier alpha value is -2.88. The molecule has 3 aromatic rings. The van der Waals surface area contributed by atoms with Gasteiger partial charge in [0.2, 0.25) is 0 Å². The molecule has 0 saturated carbocycles. The molecule has 1 fully saturated rings. The molecule has 192 valence electrons. The number of hydrogen-bond donors (Lipinski definition) is 1. The minimum atomic E-state index is 0. The summed E-state index contributed by atoms with van der Waals surface area (Å²) < 4.78 is 18.7. The van der Waals surface area contributed by atoms with Crippen LogP contribution in [0.4, 0.5) is 0 Å². The van der Waals surface area contributed by atoms with Crippen molar-refractivity contribution in [2.75, 3.05) is 40.0 Å². The van der Waals surface area contributed by atoms with Gasteiger partial charge in [-0.15, -0.1) is 12.4 Å². The zero-order valence-electron chi connectivity index (χ0n) is 20.4. The normalized spacial score (nSPS) is 19.6. The summed E-state index contributed by atoms with van der Waals surface area (Å²) in [6.07, 6.45) is 7.50. The van der Waals surface area contributed by atoms with Crippen LogP contribution < -0.4 is 25.1 Å². The maximum atomic E-state index is 12.9. The van der Waals surface area contributed by atoms with Crippen LogP contribution in [0.3, 0.4) is 0 Å². The zero-order valence-corrected chi connectivity index (χ0v) is 21.3. The van der Waals surface area contributed by atoms with Crippen molar-refractivity contribution in [1.82, 2.24) is 24.8 Å². The van der Waals surface area contributed by atoms with Gasteiger partial charge >= 0.3 is 0 Å². The average molecular weight is 514 g/mol. The molecule has 9 nitrogen and oxygen atoms in total. The van der Waals surface area contributed by atoms with Crippen molar-refractivity contribution in [1.29, 1.82) is 0 Å². The molecule has 3 aromatic heterocycles. The first-order valence-electron chi connectivity index (χ1n) is 12.5. The van der Waals surface area contributed by atoms with Gasteiger partial charge in [-0.05, 0) is 44.8 Å². The quantitative estimate of drug-likeness (QED) is 0.538. The van der Waals surface area contributed by atoms with Crippen molar-refractivity contribution in [2.45, 2.75) is 44.3 Å². The topological polar surface area (TPSA) is 90.7 Å². The lowest BCUT2D eigenvalue weighted by molar-refractivity contribution is 0.166. The molecule has 3 aliphatic heterocycles. The molecule has 0 radical (unpaired) electrons. The molecule has 0 spiro atoms. The van der Waals surface area contributed by atoms with Crippen LogP contribution in [-0.4, -0.2) is 65.4 Å². The standard InChI is InChI=1S/C26H31N5O4.ClH/c1-33-23-14-29-21-4-5-25(32)31-19(2-3-20(23)26(21)31)16-30-8-6-17(7-9-30)27-13-18-12-22-24(15-28-18)35-11-10-34-22;/h4-5,12,14-15,17,19,27H,2-3,6-11,13,16H2,1H3;1H. The number of pyridine rings is 3. The van der Waals surface area contributed by atoms with Crippen LogP contribution in [0.5, 0.6) is 17.2 Å². The molecular weight excluding hydrogens is 482 g/mol. The number of ether oxygens (including phenoxy) is 3. The Balaban J connectivity index is 0.00000267. The maximum absolute atomic E-state index is 12.9. The largest absolute Gasteiger partial charge is 0.495 e. The first kappa shape index (κ1) is 24.8. The zero-order chi connectivity index (χ0) is 23.8.